The summed E-state index contributed by atoms with van der Waals surface area (Å²) in [5, 5.41) is 50.4. The van der Waals surface area contributed by atoms with Crippen LogP contribution >= 0.6 is 0 Å². The molecule has 2 heterocycles. The molecule has 17 heteroatoms. The van der Waals surface area contributed by atoms with E-state index in [1.165, 1.54) is 26.4 Å². The lowest BCUT2D eigenvalue weighted by Crippen LogP contribution is -2.52. The molecule has 63 heavy (non-hydrogen) atoms. The molecule has 6 rings (SSSR count). The Balaban J connectivity index is 0.000000273. The van der Waals surface area contributed by atoms with Crippen molar-refractivity contribution in [2.24, 2.45) is 0 Å². The van der Waals surface area contributed by atoms with Gasteiger partial charge in [-0.05, 0) is 29.2 Å². The molecule has 2 atom stereocenters. The van der Waals surface area contributed by atoms with Crippen LogP contribution in [0.2, 0.25) is 0 Å². The summed E-state index contributed by atoms with van der Waals surface area (Å²) in [7, 11) is 2.80. The van der Waals surface area contributed by atoms with Crippen LogP contribution in [0.15, 0.2) is 133 Å². The summed E-state index contributed by atoms with van der Waals surface area (Å²) in [5.74, 6) is -1.72. The molecule has 0 aliphatic heterocycles. The Morgan fingerprint density at radius 3 is 1.17 bits per heavy atom. The van der Waals surface area contributed by atoms with Crippen molar-refractivity contribution in [1.82, 2.24) is 19.9 Å². The van der Waals surface area contributed by atoms with Gasteiger partial charge in [0.25, 0.3) is 0 Å². The number of aliphatic hydroxyl groups is 4. The second-order valence-corrected chi connectivity index (χ2v) is 13.5. The molecule has 0 radical (unpaired) electrons. The van der Waals surface area contributed by atoms with Gasteiger partial charge in [-0.3, -0.25) is 0 Å². The van der Waals surface area contributed by atoms with E-state index < -0.39 is 54.8 Å². The van der Waals surface area contributed by atoms with Crippen LogP contribution in [-0.4, -0.2) is 109 Å². The molecule has 2 aromatic heterocycles. The van der Waals surface area contributed by atoms with Gasteiger partial charge in [0, 0.05) is 12.1 Å². The highest BCUT2D eigenvalue weighted by atomic mass is 16.6. The van der Waals surface area contributed by atoms with Crippen molar-refractivity contribution in [2.75, 3.05) is 34.0 Å². The van der Waals surface area contributed by atoms with Crippen LogP contribution in [0.25, 0.3) is 0 Å². The average Bonchev–Trinajstić information content (AvgIpc) is 3.33. The number of esters is 1. The number of ether oxygens (including phenoxy) is 5. The first-order valence-corrected chi connectivity index (χ1v) is 19.4. The first-order valence-electron chi connectivity index (χ1n) is 19.4. The van der Waals surface area contributed by atoms with Gasteiger partial charge in [0.1, 0.15) is 0 Å². The lowest BCUT2D eigenvalue weighted by atomic mass is 9.70. The third-order valence-corrected chi connectivity index (χ3v) is 9.93. The highest BCUT2D eigenvalue weighted by Gasteiger charge is 2.50. The van der Waals surface area contributed by atoms with Crippen LogP contribution in [0.1, 0.15) is 40.6 Å². The number of carboxylic acids is 1. The van der Waals surface area contributed by atoms with E-state index in [1.807, 2.05) is 60.7 Å². The molecule has 0 saturated heterocycles. The molecule has 4 aromatic carbocycles. The molecule has 0 amide bonds. The van der Waals surface area contributed by atoms with Gasteiger partial charge in [0.2, 0.25) is 24.0 Å². The number of hydrogen-bond donors (Lipinski definition) is 5. The van der Waals surface area contributed by atoms with Crippen LogP contribution in [-0.2, 0) is 38.4 Å². The third-order valence-electron chi connectivity index (χ3n) is 9.93. The van der Waals surface area contributed by atoms with Gasteiger partial charge in [0.05, 0.1) is 69.5 Å². The Labute approximate surface area is 363 Å². The summed E-state index contributed by atoms with van der Waals surface area (Å²) < 4.78 is 27.4. The predicted octanol–water partition coefficient (Wildman–Crippen LogP) is 3.88. The first-order chi connectivity index (χ1) is 30.1. The minimum Gasteiger partial charge on any atom is -0.870 e. The van der Waals surface area contributed by atoms with E-state index in [9.17, 15) is 35.1 Å². The van der Waals surface area contributed by atoms with Crippen molar-refractivity contribution in [3.8, 4) is 23.8 Å². The van der Waals surface area contributed by atoms with Crippen molar-refractivity contribution >= 4 is 11.9 Å². The van der Waals surface area contributed by atoms with Crippen molar-refractivity contribution < 1.29 is 64.3 Å². The quantitative estimate of drug-likeness (QED) is 0.0724. The maximum Gasteiger partial charge on any atom is 0.348 e. The van der Waals surface area contributed by atoms with Gasteiger partial charge in [-0.15, -0.1) is 0 Å². The summed E-state index contributed by atoms with van der Waals surface area (Å²) in [6.45, 7) is 0.0185. The van der Waals surface area contributed by atoms with Gasteiger partial charge in [0.15, 0.2) is 0 Å². The van der Waals surface area contributed by atoms with Gasteiger partial charge in [-0.2, -0.15) is 19.9 Å². The maximum absolute atomic E-state index is 13.2. The number of carbonyl (C=O) groups excluding carboxylic acids is 1. The zero-order valence-electron chi connectivity index (χ0n) is 34.7. The minimum atomic E-state index is -1.58. The van der Waals surface area contributed by atoms with E-state index in [4.69, 9.17) is 23.7 Å². The molecular weight excluding hydrogens is 817 g/mol. The van der Waals surface area contributed by atoms with Crippen LogP contribution in [0, 0.1) is 0 Å². The first kappa shape index (κ1) is 48.6. The fraction of sp³-hybridized carbons (Fsp3) is 0.261. The van der Waals surface area contributed by atoms with Gasteiger partial charge in [-0.1, -0.05) is 121 Å². The van der Waals surface area contributed by atoms with E-state index in [0.717, 1.165) is 0 Å². The molecule has 17 nitrogen and oxygen atoms in total. The van der Waals surface area contributed by atoms with E-state index in [1.54, 1.807) is 67.6 Å². The smallest absolute Gasteiger partial charge is 0.348 e. The topological polar surface area (TPSA) is 263 Å². The number of carbonyl (C=O) groups is 2. The van der Waals surface area contributed by atoms with Crippen LogP contribution in [0.4, 0.5) is 0 Å². The molecule has 0 fully saturated rings. The van der Waals surface area contributed by atoms with Crippen LogP contribution in [0.5, 0.6) is 23.8 Å². The number of benzene rings is 4. The highest BCUT2D eigenvalue weighted by Crippen LogP contribution is 2.39. The number of nitrogens with zero attached hydrogens (tertiary/aromatic N) is 4. The largest absolute Gasteiger partial charge is 0.870 e. The number of aliphatic hydroxyl groups excluding tert-OH is 4. The molecule has 6 aromatic rings. The summed E-state index contributed by atoms with van der Waals surface area (Å²) in [4.78, 5) is 42.0. The molecule has 0 aliphatic carbocycles. The highest BCUT2D eigenvalue weighted by molar-refractivity contribution is 5.79. The normalized spacial score (nSPS) is 12.0. The molecule has 0 bridgehead atoms. The number of aliphatic carboxylic acids is 1. The predicted molar refractivity (Wildman–Crippen MR) is 226 cm³/mol. The second-order valence-electron chi connectivity index (χ2n) is 13.5. The van der Waals surface area contributed by atoms with E-state index in [0.29, 0.717) is 22.3 Å². The van der Waals surface area contributed by atoms with Crippen molar-refractivity contribution in [3.63, 3.8) is 0 Å². The molecule has 0 unspecified atom stereocenters. The van der Waals surface area contributed by atoms with E-state index >= 15 is 0 Å². The number of hydrogen-bond acceptors (Lipinski definition) is 16. The zero-order valence-corrected chi connectivity index (χ0v) is 34.7. The number of methoxy groups -OCH3 is 2. The molecule has 0 saturated carbocycles. The van der Waals surface area contributed by atoms with Gasteiger partial charge in [-0.25, -0.2) is 9.59 Å². The molecule has 332 valence electrons. The summed E-state index contributed by atoms with van der Waals surface area (Å²) in [6.07, 6.45) is -2.91. The summed E-state index contributed by atoms with van der Waals surface area (Å²) in [6, 6.07) is 38.1. The van der Waals surface area contributed by atoms with Crippen LogP contribution < -0.4 is 18.9 Å². The molecular formula is C46H49N4O13-. The van der Waals surface area contributed by atoms with E-state index in [-0.39, 0.29) is 53.9 Å². The summed E-state index contributed by atoms with van der Waals surface area (Å²) >= 11 is 0. The SMILES string of the molecule is CCOC(=O)[C@@H](Oc1nc(CO)cc(OC)n1)C(CO)(c1ccccc1)c1ccccc1.COc1cc(CO)nc(O[C@H](C(=O)O)C(CO)(c2ccccc2)c2ccccc2)n1.[OH-]. The monoisotopic (exact) mass is 865 g/mol. The van der Waals surface area contributed by atoms with Crippen molar-refractivity contribution in [2.45, 2.75) is 43.2 Å². The van der Waals surface area contributed by atoms with Crippen molar-refractivity contribution in [1.29, 1.82) is 0 Å². The number of carboxylic acid groups (broad SMARTS) is 1. The fourth-order valence-corrected chi connectivity index (χ4v) is 6.93. The Bertz CT molecular complexity index is 2200. The Kier molecular flexibility index (Phi) is 18.0. The molecule has 6 N–H and O–H groups in total. The Hall–Kier alpha value is -7.02. The Morgan fingerprint density at radius 2 is 0.889 bits per heavy atom. The fourth-order valence-electron chi connectivity index (χ4n) is 6.93. The molecule has 0 aliphatic rings. The molecule has 0 spiro atoms. The van der Waals surface area contributed by atoms with Crippen LogP contribution in [0.3, 0.4) is 0 Å². The Morgan fingerprint density at radius 1 is 0.556 bits per heavy atom. The number of rotatable bonds is 19. The van der Waals surface area contributed by atoms with Crippen molar-refractivity contribution in [3.05, 3.63) is 167 Å². The second kappa shape index (κ2) is 23.3. The van der Waals surface area contributed by atoms with Gasteiger partial charge < -0.3 is 54.7 Å². The maximum atomic E-state index is 13.2. The average molecular weight is 866 g/mol. The number of aromatic nitrogens is 4. The third kappa shape index (κ3) is 11.1. The van der Waals surface area contributed by atoms with E-state index in [2.05, 4.69) is 19.9 Å². The summed E-state index contributed by atoms with van der Waals surface area (Å²) in [5.41, 5.74) is 0.0983. The lowest BCUT2D eigenvalue weighted by molar-refractivity contribution is -0.155. The lowest BCUT2D eigenvalue weighted by Gasteiger charge is -2.38. The van der Waals surface area contributed by atoms with Gasteiger partial charge >= 0.3 is 24.0 Å². The zero-order chi connectivity index (χ0) is 44.5. The standard InChI is InChI=1S/C24H26N2O6.C22H22N2O6.H2O/c1-3-31-22(29)21(32-23-25-19(15-27)14-20(26-23)30-2)24(16-28,17-10-6-4-7-11-17)18-12-8-5-9-13-18;1-29-18-12-17(13-25)23-21(24-18)30-19(20(27)28)22(14-26,15-8-4-2-5-9-15)16-10-6-3-7-11-16;/h4-14,21,27-28H,3,15-16H2,1-2H3;2-12,19,25-26H,13-14H2,1H3,(H,27,28);1H2/p-1/t21-;19-;/m11./s1. The minimum absolute atomic E-state index is 0.